The third-order valence-corrected chi connectivity index (χ3v) is 4.31. The highest BCUT2D eigenvalue weighted by Crippen LogP contribution is 2.28. The van der Waals surface area contributed by atoms with Gasteiger partial charge < -0.3 is 9.47 Å². The van der Waals surface area contributed by atoms with Gasteiger partial charge in [0, 0.05) is 19.6 Å². The van der Waals surface area contributed by atoms with E-state index in [9.17, 15) is 0 Å². The molecule has 0 N–H and O–H groups in total. The van der Waals surface area contributed by atoms with E-state index in [-0.39, 0.29) is 0 Å². The molecule has 0 spiro atoms. The van der Waals surface area contributed by atoms with E-state index in [2.05, 4.69) is 20.9 Å². The first kappa shape index (κ1) is 13.9. The summed E-state index contributed by atoms with van der Waals surface area (Å²) >= 11 is 0. The van der Waals surface area contributed by atoms with Gasteiger partial charge in [0.1, 0.15) is 6.61 Å². The predicted octanol–water partition coefficient (Wildman–Crippen LogP) is 2.10. The van der Waals surface area contributed by atoms with Crippen LogP contribution < -0.4 is 4.74 Å². The minimum absolute atomic E-state index is 0.584. The van der Waals surface area contributed by atoms with Crippen molar-refractivity contribution in [1.82, 2.24) is 14.7 Å². The Morgan fingerprint density at radius 3 is 2.80 bits per heavy atom. The number of aromatic nitrogens is 2. The van der Waals surface area contributed by atoms with E-state index in [0.29, 0.717) is 6.04 Å². The maximum Gasteiger partial charge on any atom is 0.157 e. The SMILES string of the molecule is c1nn(C2CCCCC2)cc1OCCN1CCOCC1. The summed E-state index contributed by atoms with van der Waals surface area (Å²) in [6.07, 6.45) is 10.5. The molecule has 0 unspecified atom stereocenters. The first-order valence-electron chi connectivity index (χ1n) is 7.89. The van der Waals surface area contributed by atoms with Crippen LogP contribution in [-0.4, -0.2) is 54.1 Å². The van der Waals surface area contributed by atoms with Crippen molar-refractivity contribution in [2.75, 3.05) is 39.5 Å². The molecular formula is C15H25N3O2. The Morgan fingerprint density at radius 2 is 2.00 bits per heavy atom. The molecule has 0 amide bonds. The Labute approximate surface area is 120 Å². The summed E-state index contributed by atoms with van der Waals surface area (Å²) in [4.78, 5) is 2.38. The second-order valence-corrected chi connectivity index (χ2v) is 5.75. The molecule has 5 nitrogen and oxygen atoms in total. The van der Waals surface area contributed by atoms with E-state index in [0.717, 1.165) is 45.2 Å². The molecular weight excluding hydrogens is 254 g/mol. The summed E-state index contributed by atoms with van der Waals surface area (Å²) in [6.45, 7) is 5.43. The summed E-state index contributed by atoms with van der Waals surface area (Å²) in [5.41, 5.74) is 0. The quantitative estimate of drug-likeness (QED) is 0.827. The van der Waals surface area contributed by atoms with Crippen LogP contribution >= 0.6 is 0 Å². The molecule has 1 aromatic heterocycles. The summed E-state index contributed by atoms with van der Waals surface area (Å²) in [6, 6.07) is 0.584. The van der Waals surface area contributed by atoms with Crippen molar-refractivity contribution in [2.24, 2.45) is 0 Å². The van der Waals surface area contributed by atoms with Crippen molar-refractivity contribution in [3.05, 3.63) is 12.4 Å². The monoisotopic (exact) mass is 279 g/mol. The minimum Gasteiger partial charge on any atom is -0.489 e. The molecule has 20 heavy (non-hydrogen) atoms. The van der Waals surface area contributed by atoms with Gasteiger partial charge in [0.25, 0.3) is 0 Å². The highest BCUT2D eigenvalue weighted by molar-refractivity contribution is 5.12. The lowest BCUT2D eigenvalue weighted by atomic mass is 9.96. The smallest absolute Gasteiger partial charge is 0.157 e. The van der Waals surface area contributed by atoms with Crippen LogP contribution in [0.1, 0.15) is 38.1 Å². The molecule has 3 rings (SSSR count). The van der Waals surface area contributed by atoms with Crippen LogP contribution in [0.4, 0.5) is 0 Å². The van der Waals surface area contributed by atoms with Crippen LogP contribution in [0.3, 0.4) is 0 Å². The topological polar surface area (TPSA) is 39.5 Å². The highest BCUT2D eigenvalue weighted by Gasteiger charge is 2.16. The van der Waals surface area contributed by atoms with Crippen molar-refractivity contribution >= 4 is 0 Å². The molecule has 1 aliphatic carbocycles. The number of hydrogen-bond acceptors (Lipinski definition) is 4. The van der Waals surface area contributed by atoms with Gasteiger partial charge in [0.15, 0.2) is 5.75 Å². The Bertz CT molecular complexity index is 396. The van der Waals surface area contributed by atoms with Crippen molar-refractivity contribution in [3.63, 3.8) is 0 Å². The number of nitrogens with zero attached hydrogens (tertiary/aromatic N) is 3. The van der Waals surface area contributed by atoms with Crippen LogP contribution in [0, 0.1) is 0 Å². The lowest BCUT2D eigenvalue weighted by Crippen LogP contribution is -2.38. The minimum atomic E-state index is 0.584. The first-order valence-corrected chi connectivity index (χ1v) is 7.89. The Morgan fingerprint density at radius 1 is 1.20 bits per heavy atom. The Balaban J connectivity index is 1.42. The van der Waals surface area contributed by atoms with Gasteiger partial charge in [0.05, 0.1) is 31.6 Å². The fourth-order valence-corrected chi connectivity index (χ4v) is 3.06. The second kappa shape index (κ2) is 7.09. The van der Waals surface area contributed by atoms with E-state index in [4.69, 9.17) is 9.47 Å². The Kier molecular flexibility index (Phi) is 4.92. The van der Waals surface area contributed by atoms with Gasteiger partial charge in [0.2, 0.25) is 0 Å². The lowest BCUT2D eigenvalue weighted by Gasteiger charge is -2.26. The van der Waals surface area contributed by atoms with Gasteiger partial charge in [-0.15, -0.1) is 0 Å². The normalized spacial score (nSPS) is 22.0. The highest BCUT2D eigenvalue weighted by atomic mass is 16.5. The summed E-state index contributed by atoms with van der Waals surface area (Å²) in [5.74, 6) is 0.906. The predicted molar refractivity (Wildman–Crippen MR) is 77.1 cm³/mol. The molecule has 1 saturated heterocycles. The molecule has 1 aromatic rings. The summed E-state index contributed by atoms with van der Waals surface area (Å²) in [5, 5.41) is 4.46. The molecule has 2 heterocycles. The first-order chi connectivity index (χ1) is 9.92. The second-order valence-electron chi connectivity index (χ2n) is 5.75. The maximum absolute atomic E-state index is 5.81. The molecule has 0 aromatic carbocycles. The van der Waals surface area contributed by atoms with Crippen molar-refractivity contribution in [3.8, 4) is 5.75 Å². The van der Waals surface area contributed by atoms with Gasteiger partial charge in [-0.1, -0.05) is 19.3 Å². The third-order valence-electron chi connectivity index (χ3n) is 4.31. The van der Waals surface area contributed by atoms with E-state index >= 15 is 0 Å². The van der Waals surface area contributed by atoms with Crippen LogP contribution in [0.15, 0.2) is 12.4 Å². The van der Waals surface area contributed by atoms with E-state index in [1.807, 2.05) is 6.20 Å². The molecule has 1 saturated carbocycles. The fraction of sp³-hybridized carbons (Fsp3) is 0.800. The van der Waals surface area contributed by atoms with Crippen LogP contribution in [0.25, 0.3) is 0 Å². The van der Waals surface area contributed by atoms with Crippen molar-refractivity contribution < 1.29 is 9.47 Å². The van der Waals surface area contributed by atoms with Crippen LogP contribution in [0.2, 0.25) is 0 Å². The summed E-state index contributed by atoms with van der Waals surface area (Å²) in [7, 11) is 0. The fourth-order valence-electron chi connectivity index (χ4n) is 3.06. The van der Waals surface area contributed by atoms with E-state index in [1.165, 1.54) is 32.1 Å². The zero-order valence-corrected chi connectivity index (χ0v) is 12.2. The van der Waals surface area contributed by atoms with Gasteiger partial charge in [-0.3, -0.25) is 9.58 Å². The van der Waals surface area contributed by atoms with Crippen molar-refractivity contribution in [1.29, 1.82) is 0 Å². The molecule has 2 fully saturated rings. The molecule has 0 radical (unpaired) electrons. The zero-order valence-electron chi connectivity index (χ0n) is 12.2. The van der Waals surface area contributed by atoms with Gasteiger partial charge in [-0.25, -0.2) is 0 Å². The van der Waals surface area contributed by atoms with Gasteiger partial charge in [-0.05, 0) is 12.8 Å². The summed E-state index contributed by atoms with van der Waals surface area (Å²) < 4.78 is 13.3. The molecule has 1 aliphatic heterocycles. The lowest BCUT2D eigenvalue weighted by molar-refractivity contribution is 0.0322. The largest absolute Gasteiger partial charge is 0.489 e. The van der Waals surface area contributed by atoms with E-state index in [1.54, 1.807) is 0 Å². The van der Waals surface area contributed by atoms with Gasteiger partial charge >= 0.3 is 0 Å². The van der Waals surface area contributed by atoms with E-state index < -0.39 is 0 Å². The number of rotatable bonds is 5. The molecule has 5 heteroatoms. The van der Waals surface area contributed by atoms with Crippen molar-refractivity contribution in [2.45, 2.75) is 38.1 Å². The van der Waals surface area contributed by atoms with Crippen LogP contribution in [-0.2, 0) is 4.74 Å². The zero-order chi connectivity index (χ0) is 13.6. The maximum atomic E-state index is 5.81. The third kappa shape index (κ3) is 3.73. The number of hydrogen-bond donors (Lipinski definition) is 0. The standard InChI is InChI=1S/C15H25N3O2/c1-2-4-14(5-3-1)18-13-15(12-16-18)20-11-8-17-6-9-19-10-7-17/h12-14H,1-11H2. The number of morpholine rings is 1. The molecule has 112 valence electrons. The number of ether oxygens (including phenoxy) is 2. The molecule has 0 bridgehead atoms. The molecule has 2 aliphatic rings. The van der Waals surface area contributed by atoms with Crippen LogP contribution in [0.5, 0.6) is 5.75 Å². The average Bonchev–Trinajstić information content (AvgIpc) is 2.98. The van der Waals surface area contributed by atoms with Gasteiger partial charge in [-0.2, -0.15) is 5.10 Å². The Hall–Kier alpha value is -1.07. The molecule has 0 atom stereocenters. The average molecular weight is 279 g/mol.